The van der Waals surface area contributed by atoms with E-state index < -0.39 is 0 Å². The zero-order valence-corrected chi connectivity index (χ0v) is 14.4. The Morgan fingerprint density at radius 1 is 1.43 bits per heavy atom. The van der Waals surface area contributed by atoms with E-state index in [0.717, 1.165) is 5.56 Å². The normalized spacial score (nSPS) is 21.7. The van der Waals surface area contributed by atoms with Crippen LogP contribution in [0.5, 0.6) is 0 Å². The molecule has 1 aliphatic rings. The van der Waals surface area contributed by atoms with Gasteiger partial charge in [0, 0.05) is 24.8 Å². The molecular formula is C16H22N4O2S. The van der Waals surface area contributed by atoms with Crippen molar-refractivity contribution >= 4 is 23.2 Å². The summed E-state index contributed by atoms with van der Waals surface area (Å²) in [5, 5.41) is 11.3. The van der Waals surface area contributed by atoms with Crippen molar-refractivity contribution < 1.29 is 9.53 Å². The monoisotopic (exact) mass is 334 g/mol. The number of hydrogen-bond donors (Lipinski definition) is 1. The summed E-state index contributed by atoms with van der Waals surface area (Å²) in [4.78, 5) is 14.3. The summed E-state index contributed by atoms with van der Waals surface area (Å²) in [6.07, 6.45) is 1.81. The lowest BCUT2D eigenvalue weighted by Crippen LogP contribution is -2.47. The molecule has 124 valence electrons. The van der Waals surface area contributed by atoms with Gasteiger partial charge in [0.05, 0.1) is 12.6 Å². The van der Waals surface area contributed by atoms with Gasteiger partial charge in [-0.15, -0.1) is 0 Å². The van der Waals surface area contributed by atoms with Crippen LogP contribution in [0.25, 0.3) is 0 Å². The Morgan fingerprint density at radius 3 is 2.91 bits per heavy atom. The Bertz CT molecular complexity index is 653. The molecule has 1 saturated heterocycles. The van der Waals surface area contributed by atoms with Crippen molar-refractivity contribution in [3.63, 3.8) is 0 Å². The van der Waals surface area contributed by atoms with Gasteiger partial charge in [-0.05, 0) is 43.2 Å². The minimum Gasteiger partial charge on any atom is -0.367 e. The van der Waals surface area contributed by atoms with Gasteiger partial charge in [0.1, 0.15) is 6.10 Å². The Hall–Kier alpha value is -1.86. The van der Waals surface area contributed by atoms with Crippen LogP contribution in [0.1, 0.15) is 38.5 Å². The summed E-state index contributed by atoms with van der Waals surface area (Å²) in [5.74, 6) is 0.579. The second-order valence-electron chi connectivity index (χ2n) is 6.10. The van der Waals surface area contributed by atoms with Crippen molar-refractivity contribution in [2.75, 3.05) is 18.4 Å². The van der Waals surface area contributed by atoms with Crippen LogP contribution < -0.4 is 5.32 Å². The summed E-state index contributed by atoms with van der Waals surface area (Å²) in [7, 11) is 0. The lowest BCUT2D eigenvalue weighted by Gasteiger charge is -2.36. The van der Waals surface area contributed by atoms with Gasteiger partial charge in [-0.25, -0.2) is 4.79 Å². The van der Waals surface area contributed by atoms with Gasteiger partial charge in [-0.1, -0.05) is 0 Å². The van der Waals surface area contributed by atoms with Crippen LogP contribution in [0.2, 0.25) is 0 Å². The average molecular weight is 334 g/mol. The topological polar surface area (TPSA) is 59.4 Å². The van der Waals surface area contributed by atoms with Crippen LogP contribution >= 0.6 is 11.3 Å². The highest BCUT2D eigenvalue weighted by molar-refractivity contribution is 7.07. The van der Waals surface area contributed by atoms with Gasteiger partial charge in [0.2, 0.25) is 0 Å². The molecule has 0 unspecified atom stereocenters. The van der Waals surface area contributed by atoms with Crippen LogP contribution in [0.4, 0.5) is 10.6 Å². The number of nitrogens with zero attached hydrogens (tertiary/aromatic N) is 3. The van der Waals surface area contributed by atoms with Crippen molar-refractivity contribution in [1.29, 1.82) is 0 Å². The van der Waals surface area contributed by atoms with Gasteiger partial charge >= 0.3 is 6.03 Å². The lowest BCUT2D eigenvalue weighted by atomic mass is 10.1. The zero-order chi connectivity index (χ0) is 16.4. The first-order chi connectivity index (χ1) is 11.0. The third-order valence-electron chi connectivity index (χ3n) is 3.83. The number of nitrogens with one attached hydrogen (secondary N) is 1. The summed E-state index contributed by atoms with van der Waals surface area (Å²) < 4.78 is 7.79. The second kappa shape index (κ2) is 6.72. The van der Waals surface area contributed by atoms with Gasteiger partial charge < -0.3 is 9.64 Å². The summed E-state index contributed by atoms with van der Waals surface area (Å²) in [5.41, 5.74) is 1.13. The van der Waals surface area contributed by atoms with Gasteiger partial charge in [-0.2, -0.15) is 16.4 Å². The van der Waals surface area contributed by atoms with Crippen molar-refractivity contribution in [3.8, 4) is 0 Å². The molecule has 3 heterocycles. The molecule has 0 bridgehead atoms. The number of thiophene rings is 1. The lowest BCUT2D eigenvalue weighted by molar-refractivity contribution is -0.0641. The quantitative estimate of drug-likeness (QED) is 0.934. The first-order valence-electron chi connectivity index (χ1n) is 7.81. The van der Waals surface area contributed by atoms with Crippen LogP contribution in [-0.2, 0) is 4.74 Å². The Labute approximate surface area is 140 Å². The molecule has 1 fully saturated rings. The Morgan fingerprint density at radius 2 is 2.26 bits per heavy atom. The van der Waals surface area contributed by atoms with E-state index in [1.807, 2.05) is 49.2 Å². The Kier molecular flexibility index (Phi) is 4.68. The highest BCUT2D eigenvalue weighted by atomic mass is 32.1. The highest BCUT2D eigenvalue weighted by Crippen LogP contribution is 2.27. The fourth-order valence-corrected chi connectivity index (χ4v) is 3.34. The van der Waals surface area contributed by atoms with E-state index in [1.165, 1.54) is 0 Å². The summed E-state index contributed by atoms with van der Waals surface area (Å²) in [6.45, 7) is 7.23. The molecule has 2 atom stereocenters. The number of ether oxygens (including phenoxy) is 1. The fourth-order valence-electron chi connectivity index (χ4n) is 2.64. The predicted molar refractivity (Wildman–Crippen MR) is 90.8 cm³/mol. The van der Waals surface area contributed by atoms with E-state index in [0.29, 0.717) is 18.9 Å². The smallest absolute Gasteiger partial charge is 0.323 e. The van der Waals surface area contributed by atoms with E-state index in [9.17, 15) is 4.79 Å². The van der Waals surface area contributed by atoms with E-state index in [2.05, 4.69) is 15.8 Å². The first-order valence-corrected chi connectivity index (χ1v) is 8.76. The van der Waals surface area contributed by atoms with Crippen molar-refractivity contribution in [2.24, 2.45) is 0 Å². The van der Waals surface area contributed by atoms with Gasteiger partial charge in [0.25, 0.3) is 0 Å². The average Bonchev–Trinajstić information content (AvgIpc) is 3.18. The second-order valence-corrected chi connectivity index (χ2v) is 6.88. The molecule has 7 heteroatoms. The number of hydrogen-bond acceptors (Lipinski definition) is 4. The molecule has 6 nitrogen and oxygen atoms in total. The number of carbonyl (C=O) groups excluding carboxylic acids is 1. The number of rotatable bonds is 3. The van der Waals surface area contributed by atoms with Gasteiger partial charge in [-0.3, -0.25) is 10.00 Å². The SMILES string of the molecule is CC(C)n1ccc(NC(=O)N2C[C@@H](C)O[C@H](c3ccsc3)C2)n1. The van der Waals surface area contributed by atoms with Crippen LogP contribution in [0, 0.1) is 0 Å². The minimum absolute atomic E-state index is 0.00706. The molecular weight excluding hydrogens is 312 g/mol. The standard InChI is InChI=1S/C16H22N4O2S/c1-11(2)20-6-4-15(18-20)17-16(21)19-8-12(3)22-14(9-19)13-5-7-23-10-13/h4-7,10-12,14H,8-9H2,1-3H3,(H,17,18,21)/t12-,14+/m1/s1. The summed E-state index contributed by atoms with van der Waals surface area (Å²) >= 11 is 1.64. The van der Waals surface area contributed by atoms with E-state index in [1.54, 1.807) is 16.2 Å². The zero-order valence-electron chi connectivity index (χ0n) is 13.6. The van der Waals surface area contributed by atoms with E-state index in [4.69, 9.17) is 4.74 Å². The number of urea groups is 1. The maximum absolute atomic E-state index is 12.5. The molecule has 0 aromatic carbocycles. The first kappa shape index (κ1) is 16.0. The maximum atomic E-state index is 12.5. The third kappa shape index (κ3) is 3.73. The highest BCUT2D eigenvalue weighted by Gasteiger charge is 2.29. The number of aromatic nitrogens is 2. The maximum Gasteiger partial charge on any atom is 0.323 e. The molecule has 2 aromatic rings. The molecule has 0 saturated carbocycles. The minimum atomic E-state index is -0.130. The van der Waals surface area contributed by atoms with E-state index in [-0.39, 0.29) is 24.3 Å². The van der Waals surface area contributed by atoms with Crippen LogP contribution in [0.3, 0.4) is 0 Å². The molecule has 2 amide bonds. The summed E-state index contributed by atoms with van der Waals surface area (Å²) in [6, 6.07) is 4.01. The molecule has 3 rings (SSSR count). The van der Waals surface area contributed by atoms with Crippen molar-refractivity contribution in [2.45, 2.75) is 39.0 Å². The third-order valence-corrected chi connectivity index (χ3v) is 4.54. The molecule has 0 spiro atoms. The number of amides is 2. The molecule has 2 aromatic heterocycles. The molecule has 0 aliphatic carbocycles. The fraction of sp³-hybridized carbons (Fsp3) is 0.500. The molecule has 1 aliphatic heterocycles. The van der Waals surface area contributed by atoms with Crippen molar-refractivity contribution in [3.05, 3.63) is 34.7 Å². The largest absolute Gasteiger partial charge is 0.367 e. The molecule has 0 radical (unpaired) electrons. The van der Waals surface area contributed by atoms with Crippen LogP contribution in [0.15, 0.2) is 29.1 Å². The number of anilines is 1. The van der Waals surface area contributed by atoms with Gasteiger partial charge in [0.15, 0.2) is 5.82 Å². The molecule has 1 N–H and O–H groups in total. The molecule has 23 heavy (non-hydrogen) atoms. The predicted octanol–water partition coefficient (Wildman–Crippen LogP) is 3.52. The van der Waals surface area contributed by atoms with Crippen molar-refractivity contribution in [1.82, 2.24) is 14.7 Å². The number of morpholine rings is 1. The van der Waals surface area contributed by atoms with Crippen LogP contribution in [-0.4, -0.2) is 39.9 Å². The number of carbonyl (C=O) groups is 1. The van der Waals surface area contributed by atoms with E-state index >= 15 is 0 Å². The Balaban J connectivity index is 1.66.